The summed E-state index contributed by atoms with van der Waals surface area (Å²) in [6, 6.07) is -0.616. The van der Waals surface area contributed by atoms with Crippen LogP contribution in [0.5, 0.6) is 0 Å². The molecule has 0 spiro atoms. The Morgan fingerprint density at radius 1 is 1.06 bits per heavy atom. The first-order valence-corrected chi connectivity index (χ1v) is 5.96. The molecule has 104 valence electrons. The predicted octanol–water partition coefficient (Wildman–Crippen LogP) is -3.61. The molecule has 8 heteroatoms. The smallest absolute Gasteiger partial charge is 0.185 e. The number of nitrogens with zero attached hydrogens (tertiary/aromatic N) is 1. The van der Waals surface area contributed by atoms with E-state index in [1.807, 2.05) is 0 Å². The first-order chi connectivity index (χ1) is 8.54. The predicted molar refractivity (Wildman–Crippen MR) is 54.8 cm³/mol. The Kier molecular flexibility index (Phi) is 3.07. The van der Waals surface area contributed by atoms with Crippen molar-refractivity contribution in [3.05, 3.63) is 0 Å². The van der Waals surface area contributed by atoms with E-state index >= 15 is 0 Å². The van der Waals surface area contributed by atoms with Gasteiger partial charge in [-0.3, -0.25) is 4.84 Å². The Labute approximate surface area is 103 Å². The summed E-state index contributed by atoms with van der Waals surface area (Å²) in [5.74, 6) is -0.657. The standard InChI is InChI=1S/C10H17NO7/c12-2-4-8(15)9(16)5-6-7(14)3(13)1-11(6)18-10(5)17-4/h3-10,12-16H,1-2H2/t3-,4-,5-,6-,7+,8+,9-,10-/m1/s1. The van der Waals surface area contributed by atoms with E-state index < -0.39 is 55.4 Å². The molecule has 0 aliphatic carbocycles. The summed E-state index contributed by atoms with van der Waals surface area (Å²) >= 11 is 0. The van der Waals surface area contributed by atoms with Gasteiger partial charge in [-0.25, -0.2) is 0 Å². The van der Waals surface area contributed by atoms with E-state index in [-0.39, 0.29) is 6.54 Å². The van der Waals surface area contributed by atoms with Crippen LogP contribution >= 0.6 is 0 Å². The van der Waals surface area contributed by atoms with E-state index in [0.717, 1.165) is 0 Å². The third kappa shape index (κ3) is 1.62. The fourth-order valence-electron chi connectivity index (χ4n) is 3.04. The molecule has 3 rings (SSSR count). The maximum atomic E-state index is 10.1. The van der Waals surface area contributed by atoms with Gasteiger partial charge in [-0.1, -0.05) is 0 Å². The van der Waals surface area contributed by atoms with Crippen LogP contribution in [0.25, 0.3) is 0 Å². The zero-order valence-electron chi connectivity index (χ0n) is 9.53. The zero-order valence-corrected chi connectivity index (χ0v) is 9.53. The molecule has 0 bridgehead atoms. The number of rotatable bonds is 1. The topological polar surface area (TPSA) is 123 Å². The highest BCUT2D eigenvalue weighted by Crippen LogP contribution is 2.42. The van der Waals surface area contributed by atoms with Crippen LogP contribution in [0.1, 0.15) is 0 Å². The van der Waals surface area contributed by atoms with Crippen molar-refractivity contribution in [2.45, 2.75) is 42.9 Å². The number of ether oxygens (including phenoxy) is 1. The molecule has 3 fully saturated rings. The largest absolute Gasteiger partial charge is 0.394 e. The second kappa shape index (κ2) is 4.36. The van der Waals surface area contributed by atoms with Crippen LogP contribution in [0.15, 0.2) is 0 Å². The van der Waals surface area contributed by atoms with Gasteiger partial charge in [-0.2, -0.15) is 5.06 Å². The molecule has 3 aliphatic rings. The van der Waals surface area contributed by atoms with Crippen molar-refractivity contribution < 1.29 is 35.1 Å². The Morgan fingerprint density at radius 2 is 1.78 bits per heavy atom. The van der Waals surface area contributed by atoms with Crippen LogP contribution in [0, 0.1) is 5.92 Å². The highest BCUT2D eigenvalue weighted by atomic mass is 16.8. The zero-order chi connectivity index (χ0) is 13.0. The number of hydrogen-bond donors (Lipinski definition) is 5. The van der Waals surface area contributed by atoms with E-state index in [4.69, 9.17) is 14.7 Å². The molecule has 0 amide bonds. The third-order valence-corrected chi connectivity index (χ3v) is 4.01. The molecular formula is C10H17NO7. The number of hydroxylamine groups is 2. The molecule has 0 aromatic carbocycles. The van der Waals surface area contributed by atoms with E-state index in [9.17, 15) is 20.4 Å². The minimum Gasteiger partial charge on any atom is -0.394 e. The minimum absolute atomic E-state index is 0.120. The summed E-state index contributed by atoms with van der Waals surface area (Å²) in [6.07, 6.45) is -6.18. The first kappa shape index (κ1) is 12.7. The van der Waals surface area contributed by atoms with Crippen molar-refractivity contribution in [3.8, 4) is 0 Å². The normalized spacial score (nSPS) is 56.5. The molecular weight excluding hydrogens is 246 g/mol. The monoisotopic (exact) mass is 263 g/mol. The molecule has 3 heterocycles. The Morgan fingerprint density at radius 3 is 2.44 bits per heavy atom. The average molecular weight is 263 g/mol. The van der Waals surface area contributed by atoms with E-state index in [2.05, 4.69) is 0 Å². The SMILES string of the molecule is OC[C@H]1O[C@@H]2ON3C[C@@H](O)[C@H](O)[C@H]3[C@@H]2[C@@H](O)[C@H]1O. The molecule has 0 aromatic rings. The van der Waals surface area contributed by atoms with Crippen LogP contribution in [-0.4, -0.2) is 86.6 Å². The number of hydrogen-bond acceptors (Lipinski definition) is 8. The molecule has 3 saturated heterocycles. The van der Waals surface area contributed by atoms with E-state index in [0.29, 0.717) is 0 Å². The molecule has 18 heavy (non-hydrogen) atoms. The van der Waals surface area contributed by atoms with Gasteiger partial charge < -0.3 is 30.3 Å². The maximum absolute atomic E-state index is 10.1. The van der Waals surface area contributed by atoms with Gasteiger partial charge in [0.1, 0.15) is 12.2 Å². The summed E-state index contributed by atoms with van der Waals surface area (Å²) in [4.78, 5) is 5.39. The highest BCUT2D eigenvalue weighted by Gasteiger charge is 2.60. The van der Waals surface area contributed by atoms with Gasteiger partial charge in [0.05, 0.1) is 43.4 Å². The number of fused-ring (bicyclic) bond motifs is 3. The van der Waals surface area contributed by atoms with Crippen LogP contribution < -0.4 is 0 Å². The average Bonchev–Trinajstić information content (AvgIpc) is 2.82. The lowest BCUT2D eigenvalue weighted by Gasteiger charge is -2.39. The fraction of sp³-hybridized carbons (Fsp3) is 1.00. The summed E-state index contributed by atoms with van der Waals surface area (Å²) in [5, 5.41) is 49.7. The second-order valence-corrected chi connectivity index (χ2v) is 5.04. The molecule has 0 unspecified atom stereocenters. The molecule has 8 nitrogen and oxygen atoms in total. The summed E-state index contributed by atoms with van der Waals surface area (Å²) in [5.41, 5.74) is 0. The van der Waals surface area contributed by atoms with Crippen molar-refractivity contribution in [1.82, 2.24) is 5.06 Å². The van der Waals surface area contributed by atoms with E-state index in [1.165, 1.54) is 5.06 Å². The minimum atomic E-state index is -1.25. The van der Waals surface area contributed by atoms with Gasteiger partial charge in [0.2, 0.25) is 0 Å². The highest BCUT2D eigenvalue weighted by molar-refractivity contribution is 5.04. The van der Waals surface area contributed by atoms with Gasteiger partial charge in [-0.05, 0) is 0 Å². The van der Waals surface area contributed by atoms with Crippen LogP contribution in [0.3, 0.4) is 0 Å². The first-order valence-electron chi connectivity index (χ1n) is 5.96. The van der Waals surface area contributed by atoms with Crippen LogP contribution in [0.4, 0.5) is 0 Å². The number of aliphatic hydroxyl groups excluding tert-OH is 5. The number of aliphatic hydroxyl groups is 5. The summed E-state index contributed by atoms with van der Waals surface area (Å²) < 4.78 is 5.35. The van der Waals surface area contributed by atoms with Gasteiger partial charge in [-0.15, -0.1) is 0 Å². The molecule has 8 atom stereocenters. The Bertz CT molecular complexity index is 327. The van der Waals surface area contributed by atoms with Crippen molar-refractivity contribution in [2.24, 2.45) is 5.92 Å². The molecule has 0 saturated carbocycles. The lowest BCUT2D eigenvalue weighted by Crippen LogP contribution is -2.58. The lowest BCUT2D eigenvalue weighted by atomic mass is 9.84. The molecule has 3 aliphatic heterocycles. The van der Waals surface area contributed by atoms with Crippen LogP contribution in [-0.2, 0) is 9.57 Å². The quantitative estimate of drug-likeness (QED) is 0.329. The third-order valence-electron chi connectivity index (χ3n) is 4.01. The lowest BCUT2D eigenvalue weighted by molar-refractivity contribution is -0.299. The maximum Gasteiger partial charge on any atom is 0.185 e. The van der Waals surface area contributed by atoms with E-state index in [1.54, 1.807) is 0 Å². The summed E-state index contributed by atoms with van der Waals surface area (Å²) in [7, 11) is 0. The van der Waals surface area contributed by atoms with Crippen LogP contribution in [0.2, 0.25) is 0 Å². The Hall–Kier alpha value is -0.320. The van der Waals surface area contributed by atoms with Crippen molar-refractivity contribution >= 4 is 0 Å². The molecule has 0 radical (unpaired) electrons. The van der Waals surface area contributed by atoms with Gasteiger partial charge in [0.15, 0.2) is 6.29 Å². The van der Waals surface area contributed by atoms with Gasteiger partial charge >= 0.3 is 0 Å². The van der Waals surface area contributed by atoms with Crippen molar-refractivity contribution in [1.29, 1.82) is 0 Å². The molecule has 0 aromatic heterocycles. The van der Waals surface area contributed by atoms with Crippen molar-refractivity contribution in [2.75, 3.05) is 13.2 Å². The second-order valence-electron chi connectivity index (χ2n) is 5.04. The summed E-state index contributed by atoms with van der Waals surface area (Å²) in [6.45, 7) is -0.310. The van der Waals surface area contributed by atoms with Gasteiger partial charge in [0, 0.05) is 0 Å². The Balaban J connectivity index is 1.84. The fourth-order valence-corrected chi connectivity index (χ4v) is 3.04. The van der Waals surface area contributed by atoms with Gasteiger partial charge in [0.25, 0.3) is 0 Å². The molecule has 5 N–H and O–H groups in total. The van der Waals surface area contributed by atoms with Crippen molar-refractivity contribution in [3.63, 3.8) is 0 Å².